The highest BCUT2D eigenvalue weighted by Crippen LogP contribution is 2.29. The first-order valence-corrected chi connectivity index (χ1v) is 9.46. The smallest absolute Gasteiger partial charge is 0.234 e. The Morgan fingerprint density at radius 3 is 1.88 bits per heavy atom. The Bertz CT molecular complexity index is 718. The Labute approximate surface area is 150 Å². The number of nitrogens with one attached hydrogen (secondary N) is 1. The summed E-state index contributed by atoms with van der Waals surface area (Å²) < 4.78 is 0. The van der Waals surface area contributed by atoms with E-state index in [1.807, 2.05) is 31.2 Å². The fourth-order valence-corrected chi connectivity index (χ4v) is 3.87. The van der Waals surface area contributed by atoms with Gasteiger partial charge in [-0.1, -0.05) is 17.7 Å². The summed E-state index contributed by atoms with van der Waals surface area (Å²) in [6.45, 7) is 13.0. The van der Waals surface area contributed by atoms with Crippen molar-refractivity contribution < 1.29 is 4.79 Å². The summed E-state index contributed by atoms with van der Waals surface area (Å²) in [7, 11) is 0. The maximum atomic E-state index is 12.1. The molecule has 2 aromatic carbocycles. The van der Waals surface area contributed by atoms with Gasteiger partial charge in [-0.05, 0) is 87.1 Å². The summed E-state index contributed by atoms with van der Waals surface area (Å²) in [6.07, 6.45) is 0. The van der Waals surface area contributed by atoms with Gasteiger partial charge in [0.15, 0.2) is 0 Å². The topological polar surface area (TPSA) is 29.1 Å². The van der Waals surface area contributed by atoms with E-state index in [2.05, 4.69) is 39.9 Å². The van der Waals surface area contributed by atoms with E-state index < -0.39 is 0 Å². The highest BCUT2D eigenvalue weighted by Gasteiger charge is 2.12. The van der Waals surface area contributed by atoms with Crippen molar-refractivity contribution in [1.82, 2.24) is 0 Å². The fourth-order valence-electron chi connectivity index (χ4n) is 2.87. The molecule has 0 bridgehead atoms. The third-order valence-electron chi connectivity index (χ3n) is 4.97. The highest BCUT2D eigenvalue weighted by atomic mass is 32.2. The van der Waals surface area contributed by atoms with Gasteiger partial charge in [0.25, 0.3) is 0 Å². The maximum Gasteiger partial charge on any atom is 0.234 e. The number of hydrogen-bond acceptors (Lipinski definition) is 2. The first kappa shape index (κ1) is 18.6. The van der Waals surface area contributed by atoms with Crippen molar-refractivity contribution in [2.75, 3.05) is 11.1 Å². The lowest BCUT2D eigenvalue weighted by Crippen LogP contribution is -2.14. The van der Waals surface area contributed by atoms with E-state index in [-0.39, 0.29) is 5.91 Å². The minimum Gasteiger partial charge on any atom is -0.325 e. The lowest BCUT2D eigenvalue weighted by Gasteiger charge is -2.18. The molecule has 24 heavy (non-hydrogen) atoms. The third-order valence-corrected chi connectivity index (χ3v) is 5.93. The summed E-state index contributed by atoms with van der Waals surface area (Å²) in [5.74, 6) is 1.40. The first-order valence-electron chi connectivity index (χ1n) is 8.31. The van der Waals surface area contributed by atoms with Gasteiger partial charge in [-0.25, -0.2) is 0 Å². The van der Waals surface area contributed by atoms with Crippen LogP contribution in [-0.2, 0) is 10.5 Å². The van der Waals surface area contributed by atoms with Crippen LogP contribution in [0.15, 0.2) is 24.3 Å². The van der Waals surface area contributed by atoms with E-state index in [4.69, 9.17) is 0 Å². The molecule has 2 rings (SSSR count). The van der Waals surface area contributed by atoms with Gasteiger partial charge in [0, 0.05) is 11.4 Å². The predicted octanol–water partition coefficient (Wildman–Crippen LogP) is 5.41. The van der Waals surface area contributed by atoms with E-state index in [0.717, 1.165) is 11.4 Å². The summed E-state index contributed by atoms with van der Waals surface area (Å²) in [4.78, 5) is 12.1. The first-order chi connectivity index (χ1) is 11.3. The second kappa shape index (κ2) is 7.89. The Kier molecular flexibility index (Phi) is 6.11. The summed E-state index contributed by atoms with van der Waals surface area (Å²) >= 11 is 1.68. The molecule has 0 saturated carbocycles. The van der Waals surface area contributed by atoms with E-state index in [1.54, 1.807) is 11.8 Å². The summed E-state index contributed by atoms with van der Waals surface area (Å²) in [5.41, 5.74) is 10.3. The molecule has 2 nitrogen and oxygen atoms in total. The molecule has 2 aromatic rings. The maximum absolute atomic E-state index is 12.1. The lowest BCUT2D eigenvalue weighted by atomic mass is 9.90. The molecule has 128 valence electrons. The summed E-state index contributed by atoms with van der Waals surface area (Å²) in [6, 6.07) is 7.90. The van der Waals surface area contributed by atoms with Crippen molar-refractivity contribution in [1.29, 1.82) is 0 Å². The number of amides is 1. The quantitative estimate of drug-likeness (QED) is 0.788. The molecule has 0 aliphatic heterocycles. The summed E-state index contributed by atoms with van der Waals surface area (Å²) in [5, 5.41) is 2.96. The SMILES string of the molecule is Cc1ccc(NC(=O)CSCc2c(C)c(C)c(C)c(C)c2C)cc1. The molecule has 0 aliphatic rings. The molecular weight excluding hydrogens is 314 g/mol. The number of aryl methyl sites for hydroxylation is 1. The second-order valence-electron chi connectivity index (χ2n) is 6.51. The van der Waals surface area contributed by atoms with Crippen molar-refractivity contribution >= 4 is 23.4 Å². The fraction of sp³-hybridized carbons (Fsp3) is 0.381. The van der Waals surface area contributed by atoms with Crippen LogP contribution in [0.5, 0.6) is 0 Å². The Balaban J connectivity index is 1.97. The number of thioether (sulfide) groups is 1. The Morgan fingerprint density at radius 2 is 1.33 bits per heavy atom. The van der Waals surface area contributed by atoms with Gasteiger partial charge in [0.1, 0.15) is 0 Å². The van der Waals surface area contributed by atoms with E-state index >= 15 is 0 Å². The molecule has 0 radical (unpaired) electrons. The van der Waals surface area contributed by atoms with Crippen LogP contribution >= 0.6 is 11.8 Å². The zero-order valence-corrected chi connectivity index (χ0v) is 16.4. The molecule has 1 N–H and O–H groups in total. The van der Waals surface area contributed by atoms with Crippen molar-refractivity contribution in [3.8, 4) is 0 Å². The average molecular weight is 342 g/mol. The molecule has 0 atom stereocenters. The van der Waals surface area contributed by atoms with Crippen molar-refractivity contribution in [2.24, 2.45) is 0 Å². The molecule has 0 aromatic heterocycles. The van der Waals surface area contributed by atoms with Gasteiger partial charge in [-0.3, -0.25) is 4.79 Å². The van der Waals surface area contributed by atoms with Gasteiger partial charge >= 0.3 is 0 Å². The van der Waals surface area contributed by atoms with Crippen LogP contribution in [0.4, 0.5) is 5.69 Å². The standard InChI is InChI=1S/C21H27NOS/c1-13-7-9-19(10-8-13)22-21(23)12-24-11-20-17(5)15(3)14(2)16(4)18(20)6/h7-10H,11-12H2,1-6H3,(H,22,23). The molecule has 1 amide bonds. The normalized spacial score (nSPS) is 10.8. The molecule has 0 fully saturated rings. The largest absolute Gasteiger partial charge is 0.325 e. The number of carbonyl (C=O) groups excluding carboxylic acids is 1. The van der Waals surface area contributed by atoms with E-state index in [0.29, 0.717) is 5.75 Å². The van der Waals surface area contributed by atoms with Crippen molar-refractivity contribution in [3.05, 3.63) is 63.2 Å². The van der Waals surface area contributed by atoms with Gasteiger partial charge in [-0.15, -0.1) is 11.8 Å². The van der Waals surface area contributed by atoms with Gasteiger partial charge in [-0.2, -0.15) is 0 Å². The highest BCUT2D eigenvalue weighted by molar-refractivity contribution is 7.99. The minimum absolute atomic E-state index is 0.0553. The molecular formula is C21H27NOS. The van der Waals surface area contributed by atoms with E-state index in [9.17, 15) is 4.79 Å². The van der Waals surface area contributed by atoms with Crippen molar-refractivity contribution in [3.63, 3.8) is 0 Å². The van der Waals surface area contributed by atoms with E-state index in [1.165, 1.54) is 38.9 Å². The number of carbonyl (C=O) groups is 1. The van der Waals surface area contributed by atoms with Crippen LogP contribution in [0.1, 0.15) is 38.9 Å². The number of anilines is 1. The molecule has 0 spiro atoms. The van der Waals surface area contributed by atoms with Gasteiger partial charge in [0.05, 0.1) is 5.75 Å². The van der Waals surface area contributed by atoms with Gasteiger partial charge < -0.3 is 5.32 Å². The van der Waals surface area contributed by atoms with Gasteiger partial charge in [0.2, 0.25) is 5.91 Å². The third kappa shape index (κ3) is 4.21. The van der Waals surface area contributed by atoms with Crippen LogP contribution in [-0.4, -0.2) is 11.7 Å². The zero-order valence-electron chi connectivity index (χ0n) is 15.5. The van der Waals surface area contributed by atoms with Crippen molar-refractivity contribution in [2.45, 2.75) is 47.3 Å². The molecule has 0 unspecified atom stereocenters. The second-order valence-corrected chi connectivity index (χ2v) is 7.50. The van der Waals surface area contributed by atoms with Crippen LogP contribution in [0.25, 0.3) is 0 Å². The molecule has 0 heterocycles. The zero-order chi connectivity index (χ0) is 17.9. The molecule has 0 saturated heterocycles. The van der Waals surface area contributed by atoms with Crippen LogP contribution in [0.3, 0.4) is 0 Å². The van der Waals surface area contributed by atoms with Crippen LogP contribution < -0.4 is 5.32 Å². The minimum atomic E-state index is 0.0553. The number of benzene rings is 2. The average Bonchev–Trinajstić information content (AvgIpc) is 2.56. The lowest BCUT2D eigenvalue weighted by molar-refractivity contribution is -0.113. The predicted molar refractivity (Wildman–Crippen MR) is 106 cm³/mol. The van der Waals surface area contributed by atoms with Crippen LogP contribution in [0, 0.1) is 41.5 Å². The molecule has 0 aliphatic carbocycles. The number of hydrogen-bond donors (Lipinski definition) is 1. The monoisotopic (exact) mass is 341 g/mol. The Hall–Kier alpha value is -1.74. The van der Waals surface area contributed by atoms with Crippen LogP contribution in [0.2, 0.25) is 0 Å². The number of rotatable bonds is 5. The molecule has 3 heteroatoms. The Morgan fingerprint density at radius 1 is 0.833 bits per heavy atom.